The molecule has 1 aromatic heterocycles. The molecule has 0 radical (unpaired) electrons. The third kappa shape index (κ3) is 1.84. The van der Waals surface area contributed by atoms with Gasteiger partial charge in [0.2, 0.25) is 0 Å². The van der Waals surface area contributed by atoms with Crippen molar-refractivity contribution in [2.75, 3.05) is 18.0 Å². The predicted octanol–water partition coefficient (Wildman–Crippen LogP) is 1.93. The van der Waals surface area contributed by atoms with Crippen molar-refractivity contribution in [3.63, 3.8) is 0 Å². The first-order chi connectivity index (χ1) is 7.81. The summed E-state index contributed by atoms with van der Waals surface area (Å²) in [4.78, 5) is 11.1. The summed E-state index contributed by atoms with van der Waals surface area (Å²) in [7, 11) is 0. The van der Waals surface area contributed by atoms with E-state index in [2.05, 4.69) is 14.9 Å². The number of ether oxygens (including phenoxy) is 1. The molecule has 1 aliphatic carbocycles. The first kappa shape index (κ1) is 9.87. The Morgan fingerprint density at radius 3 is 2.62 bits per heavy atom. The van der Waals surface area contributed by atoms with Crippen molar-refractivity contribution in [3.8, 4) is 6.01 Å². The minimum Gasteiger partial charge on any atom is -0.460 e. The summed E-state index contributed by atoms with van der Waals surface area (Å²) < 4.78 is 5.74. The van der Waals surface area contributed by atoms with Crippen molar-refractivity contribution in [3.05, 3.63) is 11.8 Å². The second-order valence-electron chi connectivity index (χ2n) is 4.66. The largest absolute Gasteiger partial charge is 0.460 e. The lowest BCUT2D eigenvalue weighted by Crippen LogP contribution is -2.38. The third-order valence-electron chi connectivity index (χ3n) is 3.32. The van der Waals surface area contributed by atoms with E-state index in [0.717, 1.165) is 37.4 Å². The summed E-state index contributed by atoms with van der Waals surface area (Å²) in [5.74, 6) is 1.02. The van der Waals surface area contributed by atoms with Crippen LogP contribution in [0, 0.1) is 6.92 Å². The Morgan fingerprint density at radius 1 is 1.25 bits per heavy atom. The van der Waals surface area contributed by atoms with Gasteiger partial charge in [0, 0.05) is 24.8 Å². The Bertz CT molecular complexity index is 386. The molecule has 2 fully saturated rings. The molecule has 3 rings (SSSR count). The SMILES string of the molecule is Cc1cc(N2CCC2)nc(OC2CCC2)n1. The maximum atomic E-state index is 5.74. The molecule has 1 saturated heterocycles. The highest BCUT2D eigenvalue weighted by Crippen LogP contribution is 2.25. The summed E-state index contributed by atoms with van der Waals surface area (Å²) in [5, 5.41) is 0. The van der Waals surface area contributed by atoms with E-state index < -0.39 is 0 Å². The highest BCUT2D eigenvalue weighted by molar-refractivity contribution is 5.42. The molecule has 1 aliphatic heterocycles. The van der Waals surface area contributed by atoms with Gasteiger partial charge in [0.1, 0.15) is 11.9 Å². The quantitative estimate of drug-likeness (QED) is 0.778. The summed E-state index contributed by atoms with van der Waals surface area (Å²) >= 11 is 0. The minimum absolute atomic E-state index is 0.353. The molecule has 4 heteroatoms. The number of hydrogen-bond donors (Lipinski definition) is 0. The fraction of sp³-hybridized carbons (Fsp3) is 0.667. The molecule has 2 aliphatic rings. The van der Waals surface area contributed by atoms with Crippen LogP contribution in [0.5, 0.6) is 6.01 Å². The molecule has 16 heavy (non-hydrogen) atoms. The lowest BCUT2D eigenvalue weighted by atomic mass is 9.96. The van der Waals surface area contributed by atoms with Crippen LogP contribution < -0.4 is 9.64 Å². The molecule has 0 amide bonds. The molecule has 0 unspecified atom stereocenters. The van der Waals surface area contributed by atoms with Crippen molar-refractivity contribution in [1.29, 1.82) is 0 Å². The monoisotopic (exact) mass is 219 g/mol. The first-order valence-corrected chi connectivity index (χ1v) is 6.08. The second kappa shape index (κ2) is 3.92. The van der Waals surface area contributed by atoms with Crippen LogP contribution in [0.15, 0.2) is 6.07 Å². The van der Waals surface area contributed by atoms with E-state index in [0.29, 0.717) is 12.1 Å². The van der Waals surface area contributed by atoms with Crippen molar-refractivity contribution in [1.82, 2.24) is 9.97 Å². The zero-order valence-electron chi connectivity index (χ0n) is 9.65. The summed E-state index contributed by atoms with van der Waals surface area (Å²) in [6, 6.07) is 2.60. The van der Waals surface area contributed by atoms with Gasteiger partial charge < -0.3 is 9.64 Å². The fourth-order valence-electron chi connectivity index (χ4n) is 1.92. The van der Waals surface area contributed by atoms with Gasteiger partial charge in [0.15, 0.2) is 0 Å². The smallest absolute Gasteiger partial charge is 0.318 e. The van der Waals surface area contributed by atoms with Gasteiger partial charge in [-0.3, -0.25) is 0 Å². The van der Waals surface area contributed by atoms with Crippen LogP contribution in [-0.4, -0.2) is 29.2 Å². The number of hydrogen-bond acceptors (Lipinski definition) is 4. The third-order valence-corrected chi connectivity index (χ3v) is 3.32. The van der Waals surface area contributed by atoms with Crippen LogP contribution in [0.1, 0.15) is 31.4 Å². The van der Waals surface area contributed by atoms with Crippen LogP contribution >= 0.6 is 0 Å². The van der Waals surface area contributed by atoms with Gasteiger partial charge in [-0.25, -0.2) is 4.98 Å². The molecule has 86 valence electrons. The molecular formula is C12H17N3O. The van der Waals surface area contributed by atoms with E-state index in [4.69, 9.17) is 4.74 Å². The first-order valence-electron chi connectivity index (χ1n) is 6.08. The van der Waals surface area contributed by atoms with Crippen molar-refractivity contribution >= 4 is 5.82 Å². The predicted molar refractivity (Wildman–Crippen MR) is 61.9 cm³/mol. The van der Waals surface area contributed by atoms with E-state index in [1.807, 2.05) is 13.0 Å². The van der Waals surface area contributed by atoms with Gasteiger partial charge in [-0.15, -0.1) is 0 Å². The van der Waals surface area contributed by atoms with Crippen LogP contribution in [0.25, 0.3) is 0 Å². The zero-order chi connectivity index (χ0) is 11.0. The van der Waals surface area contributed by atoms with Crippen LogP contribution in [0.2, 0.25) is 0 Å². The van der Waals surface area contributed by atoms with Gasteiger partial charge in [0.25, 0.3) is 0 Å². The zero-order valence-corrected chi connectivity index (χ0v) is 9.65. The number of anilines is 1. The highest BCUT2D eigenvalue weighted by Gasteiger charge is 2.22. The van der Waals surface area contributed by atoms with Crippen molar-refractivity contribution in [2.24, 2.45) is 0 Å². The number of aryl methyl sites for hydroxylation is 1. The molecule has 4 nitrogen and oxygen atoms in total. The molecular weight excluding hydrogens is 202 g/mol. The number of aromatic nitrogens is 2. The summed E-state index contributed by atoms with van der Waals surface area (Å²) in [6.07, 6.45) is 5.19. The van der Waals surface area contributed by atoms with Gasteiger partial charge in [0.05, 0.1) is 0 Å². The second-order valence-corrected chi connectivity index (χ2v) is 4.66. The Morgan fingerprint density at radius 2 is 2.06 bits per heavy atom. The van der Waals surface area contributed by atoms with Crippen LogP contribution in [0.3, 0.4) is 0 Å². The summed E-state index contributed by atoms with van der Waals surface area (Å²) in [6.45, 7) is 4.22. The molecule has 0 N–H and O–H groups in total. The lowest BCUT2D eigenvalue weighted by Gasteiger charge is -2.32. The van der Waals surface area contributed by atoms with Crippen molar-refractivity contribution in [2.45, 2.75) is 38.7 Å². The van der Waals surface area contributed by atoms with Gasteiger partial charge in [-0.1, -0.05) is 0 Å². The lowest BCUT2D eigenvalue weighted by molar-refractivity contribution is 0.108. The minimum atomic E-state index is 0.353. The average molecular weight is 219 g/mol. The van der Waals surface area contributed by atoms with E-state index in [1.165, 1.54) is 12.8 Å². The van der Waals surface area contributed by atoms with Gasteiger partial charge in [-0.05, 0) is 32.6 Å². The Labute approximate surface area is 95.7 Å². The molecule has 1 saturated carbocycles. The normalized spacial score (nSPS) is 20.2. The Balaban J connectivity index is 1.77. The molecule has 1 aromatic rings. The Kier molecular flexibility index (Phi) is 2.42. The molecule has 0 spiro atoms. The topological polar surface area (TPSA) is 38.2 Å². The standard InChI is InChI=1S/C12H17N3O/c1-9-8-11(15-6-3-7-15)14-12(13-9)16-10-4-2-5-10/h8,10H,2-7H2,1H3. The fourth-order valence-corrected chi connectivity index (χ4v) is 1.92. The maximum Gasteiger partial charge on any atom is 0.318 e. The van der Waals surface area contributed by atoms with Gasteiger partial charge in [-0.2, -0.15) is 4.98 Å². The number of nitrogens with zero attached hydrogens (tertiary/aromatic N) is 3. The summed E-state index contributed by atoms with van der Waals surface area (Å²) in [5.41, 5.74) is 0.992. The molecule has 2 heterocycles. The van der Waals surface area contributed by atoms with Gasteiger partial charge >= 0.3 is 6.01 Å². The maximum absolute atomic E-state index is 5.74. The van der Waals surface area contributed by atoms with Crippen LogP contribution in [-0.2, 0) is 0 Å². The van der Waals surface area contributed by atoms with E-state index in [-0.39, 0.29) is 0 Å². The van der Waals surface area contributed by atoms with E-state index in [1.54, 1.807) is 0 Å². The van der Waals surface area contributed by atoms with Crippen molar-refractivity contribution < 1.29 is 4.74 Å². The average Bonchev–Trinajstić information content (AvgIpc) is 2.07. The molecule has 0 atom stereocenters. The molecule has 0 aromatic carbocycles. The van der Waals surface area contributed by atoms with E-state index >= 15 is 0 Å². The van der Waals surface area contributed by atoms with Crippen LogP contribution in [0.4, 0.5) is 5.82 Å². The highest BCUT2D eigenvalue weighted by atomic mass is 16.5. The van der Waals surface area contributed by atoms with E-state index in [9.17, 15) is 0 Å². The Hall–Kier alpha value is -1.32. The number of rotatable bonds is 3. The molecule has 0 bridgehead atoms.